The number of methoxy groups -OCH3 is 1. The first-order valence-electron chi connectivity index (χ1n) is 5.39. The van der Waals surface area contributed by atoms with Crippen molar-refractivity contribution >= 4 is 0 Å². The summed E-state index contributed by atoms with van der Waals surface area (Å²) in [6.45, 7) is 4.37. The van der Waals surface area contributed by atoms with Crippen LogP contribution in [0.1, 0.15) is 37.8 Å². The molecule has 0 aliphatic heterocycles. The van der Waals surface area contributed by atoms with Gasteiger partial charge in [-0.05, 0) is 24.5 Å². The quantitative estimate of drug-likeness (QED) is 0.693. The number of hydrogen-bond acceptors (Lipinski definition) is 1. The van der Waals surface area contributed by atoms with Gasteiger partial charge in [0.2, 0.25) is 0 Å². The van der Waals surface area contributed by atoms with E-state index in [0.717, 1.165) is 31.4 Å². The van der Waals surface area contributed by atoms with Gasteiger partial charge >= 0.3 is 0 Å². The van der Waals surface area contributed by atoms with E-state index in [-0.39, 0.29) is 0 Å². The lowest BCUT2D eigenvalue weighted by molar-refractivity contribution is 0.404. The highest BCUT2D eigenvalue weighted by Gasteiger charge is 2.07. The molecule has 77 valence electrons. The molecule has 0 N–H and O–H groups in total. The lowest BCUT2D eigenvalue weighted by Gasteiger charge is -2.11. The van der Waals surface area contributed by atoms with Gasteiger partial charge in [0.15, 0.2) is 0 Å². The molecule has 0 saturated heterocycles. The van der Waals surface area contributed by atoms with Gasteiger partial charge in [-0.15, -0.1) is 0 Å². The van der Waals surface area contributed by atoms with Crippen LogP contribution in [0.2, 0.25) is 0 Å². The Hall–Kier alpha value is -0.980. The van der Waals surface area contributed by atoms with E-state index in [4.69, 9.17) is 4.74 Å². The molecule has 0 bridgehead atoms. The van der Waals surface area contributed by atoms with E-state index < -0.39 is 0 Å². The summed E-state index contributed by atoms with van der Waals surface area (Å²) in [5, 5.41) is 0. The fourth-order valence-electron chi connectivity index (χ4n) is 1.73. The Labute approximate surface area is 87.1 Å². The predicted molar refractivity (Wildman–Crippen MR) is 59.8 cm³/mol. The van der Waals surface area contributed by atoms with Crippen LogP contribution in [-0.2, 0) is 12.8 Å². The average Bonchev–Trinajstić information content (AvgIpc) is 2.19. The third-order valence-electron chi connectivity index (χ3n) is 2.33. The summed E-state index contributed by atoms with van der Waals surface area (Å²) >= 11 is 0. The Morgan fingerprint density at radius 3 is 2.50 bits per heavy atom. The van der Waals surface area contributed by atoms with Crippen LogP contribution in [0.15, 0.2) is 12.1 Å². The van der Waals surface area contributed by atoms with Gasteiger partial charge in [-0.2, -0.15) is 0 Å². The van der Waals surface area contributed by atoms with Gasteiger partial charge in [0, 0.05) is 5.56 Å². The van der Waals surface area contributed by atoms with Crippen molar-refractivity contribution in [1.29, 1.82) is 0 Å². The first-order valence-corrected chi connectivity index (χ1v) is 5.39. The van der Waals surface area contributed by atoms with E-state index in [1.807, 2.05) is 6.07 Å². The van der Waals surface area contributed by atoms with Gasteiger partial charge in [-0.25, -0.2) is 0 Å². The fourth-order valence-corrected chi connectivity index (χ4v) is 1.73. The van der Waals surface area contributed by atoms with Gasteiger partial charge in [0.05, 0.1) is 7.11 Å². The highest BCUT2D eigenvalue weighted by molar-refractivity contribution is 5.41. The molecule has 0 heterocycles. The smallest absolute Gasteiger partial charge is 0.125 e. The molecule has 1 heteroatoms. The zero-order valence-electron chi connectivity index (χ0n) is 9.39. The highest BCUT2D eigenvalue weighted by Crippen LogP contribution is 2.25. The van der Waals surface area contributed by atoms with Crippen LogP contribution >= 0.6 is 0 Å². The maximum Gasteiger partial charge on any atom is 0.125 e. The average molecular weight is 191 g/mol. The third kappa shape index (κ3) is 2.50. The fraction of sp³-hybridized carbons (Fsp3) is 0.538. The van der Waals surface area contributed by atoms with Gasteiger partial charge in [-0.3, -0.25) is 0 Å². The van der Waals surface area contributed by atoms with Crippen molar-refractivity contribution < 1.29 is 4.74 Å². The molecular formula is C13H19O. The number of hydrogen-bond donors (Lipinski definition) is 0. The maximum absolute atomic E-state index is 5.45. The summed E-state index contributed by atoms with van der Waals surface area (Å²) in [4.78, 5) is 0. The van der Waals surface area contributed by atoms with E-state index in [0.29, 0.717) is 0 Å². The summed E-state index contributed by atoms with van der Waals surface area (Å²) in [5.41, 5.74) is 2.54. The van der Waals surface area contributed by atoms with Crippen LogP contribution in [0.3, 0.4) is 0 Å². The molecule has 1 aromatic rings. The molecule has 0 amide bonds. The molecule has 1 aromatic carbocycles. The number of aryl methyl sites for hydroxylation is 2. The van der Waals surface area contributed by atoms with E-state index in [2.05, 4.69) is 26.0 Å². The first-order chi connectivity index (χ1) is 6.83. The summed E-state index contributed by atoms with van der Waals surface area (Å²) in [7, 11) is 1.75. The van der Waals surface area contributed by atoms with Crippen molar-refractivity contribution in [3.05, 3.63) is 29.3 Å². The van der Waals surface area contributed by atoms with Crippen molar-refractivity contribution in [1.82, 2.24) is 0 Å². The Balaban J connectivity index is 2.98. The van der Waals surface area contributed by atoms with Gasteiger partial charge in [0.1, 0.15) is 5.75 Å². The minimum absolute atomic E-state index is 1.05. The molecule has 1 nitrogen and oxygen atoms in total. The predicted octanol–water partition coefficient (Wildman–Crippen LogP) is 3.40. The van der Waals surface area contributed by atoms with Crippen molar-refractivity contribution in [3.63, 3.8) is 0 Å². The molecule has 0 atom stereocenters. The Morgan fingerprint density at radius 2 is 1.93 bits per heavy atom. The molecule has 0 saturated carbocycles. The molecule has 1 radical (unpaired) electrons. The zero-order chi connectivity index (χ0) is 10.4. The van der Waals surface area contributed by atoms with Crippen LogP contribution in [0, 0.1) is 6.07 Å². The van der Waals surface area contributed by atoms with Crippen LogP contribution in [0.25, 0.3) is 0 Å². The normalized spacial score (nSPS) is 10.2. The summed E-state index contributed by atoms with van der Waals surface area (Å²) in [5.74, 6) is 1.05. The summed E-state index contributed by atoms with van der Waals surface area (Å²) in [6, 6.07) is 7.39. The molecule has 0 spiro atoms. The lowest BCUT2D eigenvalue weighted by Crippen LogP contribution is -1.97. The third-order valence-corrected chi connectivity index (χ3v) is 2.33. The molecule has 0 unspecified atom stereocenters. The Kier molecular flexibility index (Phi) is 4.51. The van der Waals surface area contributed by atoms with Crippen LogP contribution in [0.5, 0.6) is 5.75 Å². The van der Waals surface area contributed by atoms with Crippen molar-refractivity contribution in [2.45, 2.75) is 39.5 Å². The molecule has 1 rings (SSSR count). The number of benzene rings is 1. The largest absolute Gasteiger partial charge is 0.496 e. The Bertz CT molecular complexity index is 254. The van der Waals surface area contributed by atoms with E-state index in [1.165, 1.54) is 11.1 Å². The minimum Gasteiger partial charge on any atom is -0.496 e. The molecule has 0 aliphatic rings. The van der Waals surface area contributed by atoms with Gasteiger partial charge < -0.3 is 4.74 Å². The van der Waals surface area contributed by atoms with Gasteiger partial charge in [-0.1, -0.05) is 38.8 Å². The Morgan fingerprint density at radius 1 is 1.21 bits per heavy atom. The van der Waals surface area contributed by atoms with E-state index in [9.17, 15) is 0 Å². The molecule has 0 aromatic heterocycles. The molecule has 0 aliphatic carbocycles. The zero-order valence-corrected chi connectivity index (χ0v) is 9.39. The van der Waals surface area contributed by atoms with E-state index >= 15 is 0 Å². The van der Waals surface area contributed by atoms with E-state index in [1.54, 1.807) is 7.11 Å². The van der Waals surface area contributed by atoms with Crippen molar-refractivity contribution in [2.24, 2.45) is 0 Å². The maximum atomic E-state index is 5.45. The van der Waals surface area contributed by atoms with Gasteiger partial charge in [0.25, 0.3) is 0 Å². The minimum atomic E-state index is 1.05. The SMILES string of the molecule is CCCc1[c]ccc(CCC)c1OC. The molecular weight excluding hydrogens is 172 g/mol. The van der Waals surface area contributed by atoms with Crippen LogP contribution < -0.4 is 4.74 Å². The number of ether oxygens (including phenoxy) is 1. The van der Waals surface area contributed by atoms with Crippen LogP contribution in [-0.4, -0.2) is 7.11 Å². The number of rotatable bonds is 5. The second kappa shape index (κ2) is 5.69. The topological polar surface area (TPSA) is 9.23 Å². The standard InChI is InChI=1S/C13H19O/c1-4-7-11-9-6-10-12(8-5-2)13(11)14-3/h6,9H,4-5,7-8H2,1-3H3. The van der Waals surface area contributed by atoms with Crippen molar-refractivity contribution in [2.75, 3.05) is 7.11 Å². The monoisotopic (exact) mass is 191 g/mol. The highest BCUT2D eigenvalue weighted by atomic mass is 16.5. The second-order valence-electron chi connectivity index (χ2n) is 3.51. The van der Waals surface area contributed by atoms with Crippen molar-refractivity contribution in [3.8, 4) is 5.75 Å². The summed E-state index contributed by atoms with van der Waals surface area (Å²) < 4.78 is 5.45. The molecule has 14 heavy (non-hydrogen) atoms. The van der Waals surface area contributed by atoms with Crippen LogP contribution in [0.4, 0.5) is 0 Å². The summed E-state index contributed by atoms with van der Waals surface area (Å²) in [6.07, 6.45) is 4.45. The second-order valence-corrected chi connectivity index (χ2v) is 3.51. The molecule has 0 fully saturated rings. The first kappa shape index (κ1) is 11.1. The lowest BCUT2D eigenvalue weighted by atomic mass is 10.0.